The number of hydrogen-bond acceptors (Lipinski definition) is 5. The Morgan fingerprint density at radius 2 is 1.96 bits per heavy atom. The van der Waals surface area contributed by atoms with E-state index in [1.54, 1.807) is 33.5 Å². The Morgan fingerprint density at radius 1 is 1.20 bits per heavy atom. The van der Waals surface area contributed by atoms with Gasteiger partial charge in [0.05, 0.1) is 26.8 Å². The molecule has 2 heterocycles. The summed E-state index contributed by atoms with van der Waals surface area (Å²) in [6.45, 7) is 1.94. The highest BCUT2D eigenvalue weighted by molar-refractivity contribution is 6.02. The van der Waals surface area contributed by atoms with E-state index in [-0.39, 0.29) is 11.9 Å². The van der Waals surface area contributed by atoms with Gasteiger partial charge in [-0.1, -0.05) is 0 Å². The van der Waals surface area contributed by atoms with Gasteiger partial charge < -0.3 is 29.4 Å². The average Bonchev–Trinajstić information content (AvgIpc) is 3.05. The molecule has 2 N–H and O–H groups in total. The summed E-state index contributed by atoms with van der Waals surface area (Å²) in [5, 5.41) is 3.89. The second kappa shape index (κ2) is 7.23. The van der Waals surface area contributed by atoms with Crippen molar-refractivity contribution >= 4 is 16.8 Å². The molecular weight excluding hydrogens is 322 g/mol. The van der Waals surface area contributed by atoms with E-state index >= 15 is 0 Å². The maximum Gasteiger partial charge on any atom is 0.267 e. The Morgan fingerprint density at radius 3 is 2.60 bits per heavy atom. The lowest BCUT2D eigenvalue weighted by Crippen LogP contribution is -2.46. The summed E-state index contributed by atoms with van der Waals surface area (Å²) < 4.78 is 16.2. The third-order valence-electron chi connectivity index (χ3n) is 4.64. The van der Waals surface area contributed by atoms with Crippen LogP contribution in [0.5, 0.6) is 17.2 Å². The first kappa shape index (κ1) is 17.4. The number of aromatic nitrogens is 1. The summed E-state index contributed by atoms with van der Waals surface area (Å²) >= 11 is 0. The van der Waals surface area contributed by atoms with E-state index in [2.05, 4.69) is 22.2 Å². The van der Waals surface area contributed by atoms with E-state index in [9.17, 15) is 4.79 Å². The largest absolute Gasteiger partial charge is 0.496 e. The Kier molecular flexibility index (Phi) is 5.03. The maximum absolute atomic E-state index is 12.7. The minimum Gasteiger partial charge on any atom is -0.496 e. The van der Waals surface area contributed by atoms with Crippen molar-refractivity contribution in [2.24, 2.45) is 0 Å². The number of benzene rings is 1. The SMILES string of the molecule is COc1cc(OC)c2cc(C(=O)NC3CCCN(C)C3)[nH]c2c1OC. The summed E-state index contributed by atoms with van der Waals surface area (Å²) in [5.41, 5.74) is 1.16. The molecule has 0 saturated carbocycles. The second-order valence-electron chi connectivity index (χ2n) is 6.36. The molecule has 7 nitrogen and oxygen atoms in total. The van der Waals surface area contributed by atoms with Gasteiger partial charge in [0, 0.05) is 24.0 Å². The van der Waals surface area contributed by atoms with Gasteiger partial charge in [-0.05, 0) is 32.5 Å². The number of likely N-dealkylation sites (tertiary alicyclic amines) is 1. The van der Waals surface area contributed by atoms with Crippen molar-refractivity contribution in [2.45, 2.75) is 18.9 Å². The number of hydrogen-bond donors (Lipinski definition) is 2. The molecule has 1 aliphatic heterocycles. The first-order valence-electron chi connectivity index (χ1n) is 8.38. The molecule has 0 bridgehead atoms. The van der Waals surface area contributed by atoms with Gasteiger partial charge in [-0.25, -0.2) is 0 Å². The molecule has 7 heteroatoms. The van der Waals surface area contributed by atoms with Crippen LogP contribution in [0.4, 0.5) is 0 Å². The van der Waals surface area contributed by atoms with Crippen LogP contribution in [0.25, 0.3) is 10.9 Å². The third-order valence-corrected chi connectivity index (χ3v) is 4.64. The van der Waals surface area contributed by atoms with Gasteiger partial charge in [-0.15, -0.1) is 0 Å². The van der Waals surface area contributed by atoms with E-state index in [1.165, 1.54) is 0 Å². The Balaban J connectivity index is 1.93. The quantitative estimate of drug-likeness (QED) is 0.865. The van der Waals surface area contributed by atoms with Crippen molar-refractivity contribution in [3.05, 3.63) is 17.8 Å². The number of aromatic amines is 1. The predicted octanol–water partition coefficient (Wildman–Crippen LogP) is 2.02. The molecule has 1 aliphatic rings. The highest BCUT2D eigenvalue weighted by Gasteiger charge is 2.23. The summed E-state index contributed by atoms with van der Waals surface area (Å²) in [6.07, 6.45) is 2.09. The summed E-state index contributed by atoms with van der Waals surface area (Å²) in [6, 6.07) is 3.71. The van der Waals surface area contributed by atoms with Crippen LogP contribution < -0.4 is 19.5 Å². The molecule has 1 aromatic heterocycles. The van der Waals surface area contributed by atoms with Crippen LogP contribution in [-0.4, -0.2) is 63.3 Å². The molecule has 2 aromatic rings. The zero-order valence-electron chi connectivity index (χ0n) is 15.1. The Bertz CT molecular complexity index is 771. The van der Waals surface area contributed by atoms with Crippen LogP contribution in [-0.2, 0) is 0 Å². The molecule has 3 rings (SSSR count). The number of fused-ring (bicyclic) bond motifs is 1. The van der Waals surface area contributed by atoms with E-state index in [0.29, 0.717) is 28.5 Å². The number of likely N-dealkylation sites (N-methyl/N-ethyl adjacent to an activating group) is 1. The minimum atomic E-state index is -0.125. The van der Waals surface area contributed by atoms with Crippen molar-refractivity contribution in [1.29, 1.82) is 0 Å². The van der Waals surface area contributed by atoms with Crippen molar-refractivity contribution in [2.75, 3.05) is 41.5 Å². The van der Waals surface area contributed by atoms with E-state index in [4.69, 9.17) is 14.2 Å². The van der Waals surface area contributed by atoms with Crippen LogP contribution in [0.15, 0.2) is 12.1 Å². The summed E-state index contributed by atoms with van der Waals surface area (Å²) in [5.74, 6) is 1.60. The molecule has 0 spiro atoms. The highest BCUT2D eigenvalue weighted by Crippen LogP contribution is 2.41. The lowest BCUT2D eigenvalue weighted by Gasteiger charge is -2.30. The van der Waals surface area contributed by atoms with Crippen LogP contribution in [0, 0.1) is 0 Å². The van der Waals surface area contributed by atoms with Crippen LogP contribution in [0.2, 0.25) is 0 Å². The number of H-pyrrole nitrogens is 1. The highest BCUT2D eigenvalue weighted by atomic mass is 16.5. The van der Waals surface area contributed by atoms with Gasteiger partial charge in [0.15, 0.2) is 11.5 Å². The van der Waals surface area contributed by atoms with Crippen LogP contribution >= 0.6 is 0 Å². The number of methoxy groups -OCH3 is 3. The molecule has 0 aliphatic carbocycles. The molecule has 136 valence electrons. The van der Waals surface area contributed by atoms with Gasteiger partial charge in [0.25, 0.3) is 5.91 Å². The summed E-state index contributed by atoms with van der Waals surface area (Å²) in [4.78, 5) is 18.1. The first-order chi connectivity index (χ1) is 12.1. The number of nitrogens with one attached hydrogen (secondary N) is 2. The number of rotatable bonds is 5. The number of ether oxygens (including phenoxy) is 3. The Hall–Kier alpha value is -2.41. The zero-order valence-corrected chi connectivity index (χ0v) is 15.1. The fraction of sp³-hybridized carbons (Fsp3) is 0.500. The molecule has 25 heavy (non-hydrogen) atoms. The van der Waals surface area contributed by atoms with E-state index < -0.39 is 0 Å². The van der Waals surface area contributed by atoms with E-state index in [0.717, 1.165) is 31.3 Å². The number of amides is 1. The number of nitrogens with zero attached hydrogens (tertiary/aromatic N) is 1. The summed E-state index contributed by atoms with van der Waals surface area (Å²) in [7, 11) is 6.80. The second-order valence-corrected chi connectivity index (χ2v) is 6.36. The molecule has 1 unspecified atom stereocenters. The Labute approximate surface area is 147 Å². The fourth-order valence-corrected chi connectivity index (χ4v) is 3.41. The van der Waals surface area contributed by atoms with Gasteiger partial charge >= 0.3 is 0 Å². The van der Waals surface area contributed by atoms with Gasteiger partial charge in [0.2, 0.25) is 0 Å². The third kappa shape index (κ3) is 3.37. The molecule has 1 atom stereocenters. The number of piperidine rings is 1. The van der Waals surface area contributed by atoms with Crippen LogP contribution in [0.1, 0.15) is 23.3 Å². The van der Waals surface area contributed by atoms with Gasteiger partial charge in [0.1, 0.15) is 11.4 Å². The average molecular weight is 347 g/mol. The molecular formula is C18H25N3O4. The lowest BCUT2D eigenvalue weighted by molar-refractivity contribution is 0.0908. The monoisotopic (exact) mass is 347 g/mol. The van der Waals surface area contributed by atoms with Gasteiger partial charge in [-0.2, -0.15) is 0 Å². The molecule has 0 radical (unpaired) electrons. The number of carbonyl (C=O) groups is 1. The van der Waals surface area contributed by atoms with Crippen molar-refractivity contribution < 1.29 is 19.0 Å². The standard InChI is InChI=1S/C18H25N3O4/c1-21-7-5-6-11(10-21)19-18(22)13-8-12-14(23-2)9-15(24-3)17(25-4)16(12)20-13/h8-9,11,20H,5-7,10H2,1-4H3,(H,19,22). The predicted molar refractivity (Wildman–Crippen MR) is 95.9 cm³/mol. The molecule has 1 amide bonds. The maximum atomic E-state index is 12.7. The van der Waals surface area contributed by atoms with Crippen molar-refractivity contribution in [3.63, 3.8) is 0 Å². The normalized spacial score (nSPS) is 18.2. The molecule has 1 fully saturated rings. The fourth-order valence-electron chi connectivity index (χ4n) is 3.41. The van der Waals surface area contributed by atoms with E-state index in [1.807, 2.05) is 0 Å². The van der Waals surface area contributed by atoms with Crippen LogP contribution in [0.3, 0.4) is 0 Å². The number of carbonyl (C=O) groups excluding carboxylic acids is 1. The first-order valence-corrected chi connectivity index (χ1v) is 8.38. The van der Waals surface area contributed by atoms with Crippen molar-refractivity contribution in [1.82, 2.24) is 15.2 Å². The molecule has 1 saturated heterocycles. The zero-order chi connectivity index (χ0) is 18.0. The topological polar surface area (TPSA) is 75.8 Å². The smallest absolute Gasteiger partial charge is 0.267 e. The lowest BCUT2D eigenvalue weighted by atomic mass is 10.1. The van der Waals surface area contributed by atoms with Gasteiger partial charge in [-0.3, -0.25) is 4.79 Å². The minimum absolute atomic E-state index is 0.125. The molecule has 1 aromatic carbocycles. The van der Waals surface area contributed by atoms with Crippen molar-refractivity contribution in [3.8, 4) is 17.2 Å².